The highest BCUT2D eigenvalue weighted by molar-refractivity contribution is 7.98. The molecule has 0 saturated heterocycles. The van der Waals surface area contributed by atoms with Crippen molar-refractivity contribution in [2.75, 3.05) is 11.6 Å². The lowest BCUT2D eigenvalue weighted by molar-refractivity contribution is 0.102. The molecule has 0 unspecified atom stereocenters. The second-order valence-corrected chi connectivity index (χ2v) is 6.18. The number of anilines is 1. The Kier molecular flexibility index (Phi) is 5.19. The third kappa shape index (κ3) is 3.58. The molecule has 0 aliphatic rings. The number of carbonyl (C=O) groups excluding carboxylic acids is 1. The maximum atomic E-state index is 13.2. The van der Waals surface area contributed by atoms with Crippen molar-refractivity contribution in [3.8, 4) is 5.69 Å². The highest BCUT2D eigenvalue weighted by Crippen LogP contribution is 2.23. The van der Waals surface area contributed by atoms with Gasteiger partial charge in [-0.1, -0.05) is 36.9 Å². The standard InChI is InChI=1S/C19H18FN3OS/c1-3-13-6-4-5-7-16(13)22-18(24)17-12-21-19(25-2)23(17)15-10-8-14(20)9-11-15/h4-12H,3H2,1-2H3,(H,22,24). The van der Waals surface area contributed by atoms with Crippen molar-refractivity contribution in [2.45, 2.75) is 18.5 Å². The molecule has 0 saturated carbocycles. The molecule has 0 radical (unpaired) electrons. The van der Waals surface area contributed by atoms with Crippen molar-refractivity contribution in [3.63, 3.8) is 0 Å². The fraction of sp³-hybridized carbons (Fsp3) is 0.158. The lowest BCUT2D eigenvalue weighted by Gasteiger charge is -2.13. The number of para-hydroxylation sites is 1. The van der Waals surface area contributed by atoms with Gasteiger partial charge in [0.15, 0.2) is 5.16 Å². The Labute approximate surface area is 150 Å². The van der Waals surface area contributed by atoms with Gasteiger partial charge in [-0.15, -0.1) is 0 Å². The smallest absolute Gasteiger partial charge is 0.274 e. The summed E-state index contributed by atoms with van der Waals surface area (Å²) < 4.78 is 15.0. The molecule has 0 atom stereocenters. The quantitative estimate of drug-likeness (QED) is 0.683. The number of nitrogens with one attached hydrogen (secondary N) is 1. The first-order valence-electron chi connectivity index (χ1n) is 7.91. The number of aromatic nitrogens is 2. The number of rotatable bonds is 5. The van der Waals surface area contributed by atoms with Gasteiger partial charge in [-0.3, -0.25) is 9.36 Å². The molecule has 128 valence electrons. The molecule has 0 fully saturated rings. The molecule has 0 spiro atoms. The van der Waals surface area contributed by atoms with Crippen LogP contribution in [0.25, 0.3) is 5.69 Å². The summed E-state index contributed by atoms with van der Waals surface area (Å²) in [6.07, 6.45) is 4.25. The second kappa shape index (κ2) is 7.53. The van der Waals surface area contributed by atoms with Crippen LogP contribution in [0, 0.1) is 5.82 Å². The largest absolute Gasteiger partial charge is 0.320 e. The normalized spacial score (nSPS) is 10.7. The number of imidazole rings is 1. The van der Waals surface area contributed by atoms with E-state index in [0.29, 0.717) is 16.5 Å². The van der Waals surface area contributed by atoms with Gasteiger partial charge < -0.3 is 5.32 Å². The van der Waals surface area contributed by atoms with E-state index in [1.807, 2.05) is 37.4 Å². The van der Waals surface area contributed by atoms with Crippen LogP contribution in [0.3, 0.4) is 0 Å². The van der Waals surface area contributed by atoms with Crippen molar-refractivity contribution in [3.05, 3.63) is 71.8 Å². The molecular weight excluding hydrogens is 337 g/mol. The molecule has 25 heavy (non-hydrogen) atoms. The zero-order valence-corrected chi connectivity index (χ0v) is 14.8. The van der Waals surface area contributed by atoms with Crippen LogP contribution in [0.2, 0.25) is 0 Å². The Morgan fingerprint density at radius 3 is 2.60 bits per heavy atom. The van der Waals surface area contributed by atoms with Crippen molar-refractivity contribution >= 4 is 23.4 Å². The predicted octanol–water partition coefficient (Wildman–Crippen LogP) is 4.55. The molecule has 2 aromatic carbocycles. The Morgan fingerprint density at radius 2 is 1.92 bits per heavy atom. The van der Waals surface area contributed by atoms with Gasteiger partial charge in [-0.25, -0.2) is 9.37 Å². The molecule has 0 bridgehead atoms. The number of aryl methyl sites for hydroxylation is 1. The first-order valence-corrected chi connectivity index (χ1v) is 9.13. The SMILES string of the molecule is CCc1ccccc1NC(=O)c1cnc(SC)n1-c1ccc(F)cc1. The molecular formula is C19H18FN3OS. The maximum absolute atomic E-state index is 13.2. The maximum Gasteiger partial charge on any atom is 0.274 e. The summed E-state index contributed by atoms with van der Waals surface area (Å²) in [6.45, 7) is 2.04. The van der Waals surface area contributed by atoms with Gasteiger partial charge in [-0.05, 0) is 48.6 Å². The minimum atomic E-state index is -0.322. The minimum absolute atomic E-state index is 0.252. The van der Waals surface area contributed by atoms with Crippen molar-refractivity contribution < 1.29 is 9.18 Å². The van der Waals surface area contributed by atoms with E-state index >= 15 is 0 Å². The third-order valence-corrected chi connectivity index (χ3v) is 4.53. The molecule has 4 nitrogen and oxygen atoms in total. The Balaban J connectivity index is 1.98. The van der Waals surface area contributed by atoms with E-state index in [9.17, 15) is 9.18 Å². The Hall–Kier alpha value is -2.60. The van der Waals surface area contributed by atoms with Gasteiger partial charge in [0.1, 0.15) is 11.5 Å². The van der Waals surface area contributed by atoms with Gasteiger partial charge in [0.05, 0.1) is 6.20 Å². The van der Waals surface area contributed by atoms with Crippen LogP contribution in [-0.2, 0) is 6.42 Å². The number of amides is 1. The van der Waals surface area contributed by atoms with Gasteiger partial charge >= 0.3 is 0 Å². The topological polar surface area (TPSA) is 46.9 Å². The number of halogens is 1. The summed E-state index contributed by atoms with van der Waals surface area (Å²) >= 11 is 1.42. The Bertz CT molecular complexity index is 890. The monoisotopic (exact) mass is 355 g/mol. The molecule has 0 aliphatic carbocycles. The van der Waals surface area contributed by atoms with Gasteiger partial charge in [0, 0.05) is 11.4 Å². The third-order valence-electron chi connectivity index (χ3n) is 3.88. The van der Waals surface area contributed by atoms with E-state index in [4.69, 9.17) is 0 Å². The molecule has 3 rings (SSSR count). The zero-order valence-electron chi connectivity index (χ0n) is 14.0. The zero-order chi connectivity index (χ0) is 17.8. The number of thioether (sulfide) groups is 1. The van der Waals surface area contributed by atoms with Crippen molar-refractivity contribution in [1.82, 2.24) is 9.55 Å². The first kappa shape index (κ1) is 17.2. The van der Waals surface area contributed by atoms with E-state index in [0.717, 1.165) is 17.7 Å². The summed E-state index contributed by atoms with van der Waals surface area (Å²) in [6, 6.07) is 13.7. The highest BCUT2D eigenvalue weighted by atomic mass is 32.2. The van der Waals surface area contributed by atoms with Crippen LogP contribution in [0.15, 0.2) is 59.9 Å². The van der Waals surface area contributed by atoms with Crippen LogP contribution in [0.1, 0.15) is 23.0 Å². The van der Waals surface area contributed by atoms with E-state index < -0.39 is 0 Å². The van der Waals surface area contributed by atoms with Crippen molar-refractivity contribution in [2.24, 2.45) is 0 Å². The highest BCUT2D eigenvalue weighted by Gasteiger charge is 2.18. The van der Waals surface area contributed by atoms with Gasteiger partial charge in [0.25, 0.3) is 5.91 Å². The second-order valence-electron chi connectivity index (χ2n) is 5.41. The minimum Gasteiger partial charge on any atom is -0.320 e. The molecule has 1 N–H and O–H groups in total. The summed E-state index contributed by atoms with van der Waals surface area (Å²) in [7, 11) is 0. The lowest BCUT2D eigenvalue weighted by Crippen LogP contribution is -2.17. The molecule has 3 aromatic rings. The average molecular weight is 355 g/mol. The van der Waals surface area contributed by atoms with Crippen LogP contribution in [-0.4, -0.2) is 21.7 Å². The number of carbonyl (C=O) groups is 1. The first-order chi connectivity index (χ1) is 12.1. The fourth-order valence-corrected chi connectivity index (χ4v) is 3.16. The van der Waals surface area contributed by atoms with Gasteiger partial charge in [-0.2, -0.15) is 0 Å². The van der Waals surface area contributed by atoms with Crippen LogP contribution < -0.4 is 5.32 Å². The van der Waals surface area contributed by atoms with E-state index in [1.54, 1.807) is 22.9 Å². The number of hydrogen-bond donors (Lipinski definition) is 1. The molecule has 6 heteroatoms. The summed E-state index contributed by atoms with van der Waals surface area (Å²) in [5.41, 5.74) is 2.94. The van der Waals surface area contributed by atoms with Crippen LogP contribution in [0.5, 0.6) is 0 Å². The molecule has 0 aliphatic heterocycles. The fourth-order valence-electron chi connectivity index (χ4n) is 2.62. The number of nitrogens with zero attached hydrogens (tertiary/aromatic N) is 2. The van der Waals surface area contributed by atoms with E-state index in [2.05, 4.69) is 10.3 Å². The average Bonchev–Trinajstić information content (AvgIpc) is 3.07. The summed E-state index contributed by atoms with van der Waals surface area (Å²) in [5, 5.41) is 3.62. The van der Waals surface area contributed by atoms with E-state index in [-0.39, 0.29) is 11.7 Å². The molecule has 1 heterocycles. The van der Waals surface area contributed by atoms with E-state index in [1.165, 1.54) is 23.9 Å². The predicted molar refractivity (Wildman–Crippen MR) is 99.1 cm³/mol. The van der Waals surface area contributed by atoms with Crippen LogP contribution in [0.4, 0.5) is 10.1 Å². The van der Waals surface area contributed by atoms with Gasteiger partial charge in [0.2, 0.25) is 0 Å². The number of hydrogen-bond acceptors (Lipinski definition) is 3. The lowest BCUT2D eigenvalue weighted by atomic mass is 10.1. The summed E-state index contributed by atoms with van der Waals surface area (Å²) in [5.74, 6) is -0.574. The van der Waals surface area contributed by atoms with Crippen molar-refractivity contribution in [1.29, 1.82) is 0 Å². The summed E-state index contributed by atoms with van der Waals surface area (Å²) in [4.78, 5) is 17.1. The number of benzene rings is 2. The van der Waals surface area contributed by atoms with Crippen LogP contribution >= 0.6 is 11.8 Å². The Morgan fingerprint density at radius 1 is 1.20 bits per heavy atom. The molecule has 1 amide bonds. The molecule has 1 aromatic heterocycles.